The summed E-state index contributed by atoms with van der Waals surface area (Å²) in [4.78, 5) is 23.3. The van der Waals surface area contributed by atoms with Gasteiger partial charge in [-0.15, -0.1) is 0 Å². The molecule has 1 aromatic heterocycles. The number of methoxy groups -OCH3 is 1. The monoisotopic (exact) mass is 320 g/mol. The van der Waals surface area contributed by atoms with Crippen LogP contribution in [0.2, 0.25) is 0 Å². The Bertz CT molecular complexity index is 513. The number of carbonyl (C=O) groups excluding carboxylic acids is 1. The van der Waals surface area contributed by atoms with Gasteiger partial charge in [0.05, 0.1) is 12.7 Å². The molecular weight excluding hydrogens is 296 g/mol. The number of hydrogen-bond donors (Lipinski definition) is 1. The lowest BCUT2D eigenvalue weighted by Crippen LogP contribution is -2.54. The number of nitrogens with zero attached hydrogens (tertiary/aromatic N) is 3. The summed E-state index contributed by atoms with van der Waals surface area (Å²) >= 11 is 0. The van der Waals surface area contributed by atoms with Crippen LogP contribution >= 0.6 is 0 Å². The fraction of sp³-hybridized carbons (Fsp3) is 0.688. The normalized spacial score (nSPS) is 27.3. The summed E-state index contributed by atoms with van der Waals surface area (Å²) in [5.74, 6) is 1.01. The number of rotatable bonds is 5. The van der Waals surface area contributed by atoms with E-state index in [1.54, 1.807) is 19.5 Å². The second kappa shape index (κ2) is 7.70. The van der Waals surface area contributed by atoms with Crippen LogP contribution in [-0.2, 0) is 14.3 Å². The highest BCUT2D eigenvalue weighted by Crippen LogP contribution is 2.34. The number of carbonyl (C=O) groups is 1. The summed E-state index contributed by atoms with van der Waals surface area (Å²) in [6.45, 7) is 3.37. The first-order valence-electron chi connectivity index (χ1n) is 8.20. The van der Waals surface area contributed by atoms with E-state index in [0.29, 0.717) is 19.8 Å². The highest BCUT2D eigenvalue weighted by Gasteiger charge is 2.42. The zero-order chi connectivity index (χ0) is 16.1. The van der Waals surface area contributed by atoms with Crippen molar-refractivity contribution in [1.82, 2.24) is 15.3 Å². The minimum absolute atomic E-state index is 0.0166. The van der Waals surface area contributed by atoms with Crippen LogP contribution in [0.4, 0.5) is 5.95 Å². The Morgan fingerprint density at radius 3 is 3.04 bits per heavy atom. The van der Waals surface area contributed by atoms with Gasteiger partial charge in [-0.25, -0.2) is 9.97 Å². The number of hydrogen-bond acceptors (Lipinski definition) is 6. The van der Waals surface area contributed by atoms with Crippen LogP contribution in [0.15, 0.2) is 18.5 Å². The second-order valence-corrected chi connectivity index (χ2v) is 6.04. The maximum atomic E-state index is 12.5. The highest BCUT2D eigenvalue weighted by molar-refractivity contribution is 5.79. The van der Waals surface area contributed by atoms with Crippen LogP contribution in [0.5, 0.6) is 0 Å². The van der Waals surface area contributed by atoms with Crippen molar-refractivity contribution in [1.29, 1.82) is 0 Å². The summed E-state index contributed by atoms with van der Waals surface area (Å²) in [6.07, 6.45) is 5.33. The number of piperidine rings is 1. The van der Waals surface area contributed by atoms with Gasteiger partial charge in [-0.2, -0.15) is 0 Å². The van der Waals surface area contributed by atoms with Crippen LogP contribution < -0.4 is 10.2 Å². The lowest BCUT2D eigenvalue weighted by Gasteiger charge is -2.44. The van der Waals surface area contributed by atoms with Gasteiger partial charge >= 0.3 is 0 Å². The number of aromatic nitrogens is 2. The van der Waals surface area contributed by atoms with Gasteiger partial charge < -0.3 is 19.7 Å². The molecule has 7 nitrogen and oxygen atoms in total. The van der Waals surface area contributed by atoms with Crippen molar-refractivity contribution in [3.05, 3.63) is 18.5 Å². The molecule has 1 amide bonds. The molecule has 0 saturated carbocycles. The predicted octanol–water partition coefficient (Wildman–Crippen LogP) is 0.471. The Morgan fingerprint density at radius 2 is 2.26 bits per heavy atom. The van der Waals surface area contributed by atoms with Crippen molar-refractivity contribution in [3.63, 3.8) is 0 Å². The molecule has 0 unspecified atom stereocenters. The van der Waals surface area contributed by atoms with Gasteiger partial charge in [0.25, 0.3) is 0 Å². The first-order chi connectivity index (χ1) is 11.3. The number of nitrogens with one attached hydrogen (secondary N) is 1. The molecule has 0 aliphatic carbocycles. The third kappa shape index (κ3) is 3.79. The summed E-state index contributed by atoms with van der Waals surface area (Å²) in [5.41, 5.74) is 0. The Hall–Kier alpha value is -1.73. The first kappa shape index (κ1) is 16.1. The molecule has 126 valence electrons. The molecule has 2 fully saturated rings. The Kier molecular flexibility index (Phi) is 5.40. The van der Waals surface area contributed by atoms with E-state index in [4.69, 9.17) is 9.47 Å². The van der Waals surface area contributed by atoms with Crippen molar-refractivity contribution in [2.45, 2.75) is 18.9 Å². The van der Waals surface area contributed by atoms with Crippen molar-refractivity contribution in [2.24, 2.45) is 11.8 Å². The number of amides is 1. The van der Waals surface area contributed by atoms with Crippen molar-refractivity contribution in [2.75, 3.05) is 44.9 Å². The quantitative estimate of drug-likeness (QED) is 0.795. The summed E-state index contributed by atoms with van der Waals surface area (Å²) in [5, 5.41) is 2.97. The Morgan fingerprint density at radius 1 is 1.43 bits per heavy atom. The minimum atomic E-state index is -0.0166. The smallest absolute Gasteiger partial charge is 0.225 e. The molecule has 3 atom stereocenters. The second-order valence-electron chi connectivity index (χ2n) is 6.04. The molecule has 3 rings (SSSR count). The van der Waals surface area contributed by atoms with Crippen molar-refractivity contribution in [3.8, 4) is 0 Å². The van der Waals surface area contributed by atoms with Crippen molar-refractivity contribution >= 4 is 11.9 Å². The first-order valence-corrected chi connectivity index (χ1v) is 8.20. The fourth-order valence-corrected chi connectivity index (χ4v) is 3.48. The van der Waals surface area contributed by atoms with E-state index in [1.165, 1.54) is 0 Å². The van der Waals surface area contributed by atoms with Crippen LogP contribution in [-0.4, -0.2) is 61.9 Å². The third-order valence-corrected chi connectivity index (χ3v) is 4.65. The number of anilines is 1. The molecule has 1 aromatic rings. The molecule has 2 aliphatic heterocycles. The van der Waals surface area contributed by atoms with E-state index in [9.17, 15) is 4.79 Å². The van der Waals surface area contributed by atoms with Crippen LogP contribution in [0.3, 0.4) is 0 Å². The average Bonchev–Trinajstić information content (AvgIpc) is 2.61. The summed E-state index contributed by atoms with van der Waals surface area (Å²) < 4.78 is 10.9. The van der Waals surface area contributed by atoms with Gasteiger partial charge in [-0.3, -0.25) is 4.79 Å². The third-order valence-electron chi connectivity index (χ3n) is 4.65. The van der Waals surface area contributed by atoms with Crippen molar-refractivity contribution < 1.29 is 14.3 Å². The topological polar surface area (TPSA) is 76.6 Å². The van der Waals surface area contributed by atoms with E-state index in [-0.39, 0.29) is 23.8 Å². The largest absolute Gasteiger partial charge is 0.383 e. The zero-order valence-electron chi connectivity index (χ0n) is 13.5. The maximum Gasteiger partial charge on any atom is 0.225 e. The average molecular weight is 320 g/mol. The SMILES string of the molecule is COCCNC(=O)[C@@H]1CCO[C@@H]2CCN(c3ncccn3)C[C@@H]21. The van der Waals surface area contributed by atoms with Crippen LogP contribution in [0, 0.1) is 11.8 Å². The molecule has 2 aliphatic rings. The number of fused-ring (bicyclic) bond motifs is 1. The number of ether oxygens (including phenoxy) is 2. The highest BCUT2D eigenvalue weighted by atomic mass is 16.5. The van der Waals surface area contributed by atoms with Gasteiger partial charge in [-0.05, 0) is 18.9 Å². The van der Waals surface area contributed by atoms with E-state index >= 15 is 0 Å². The van der Waals surface area contributed by atoms with Gasteiger partial charge in [0.1, 0.15) is 0 Å². The van der Waals surface area contributed by atoms with Gasteiger partial charge in [0, 0.05) is 57.6 Å². The molecule has 1 N–H and O–H groups in total. The standard InChI is InChI=1S/C16H24N4O3/c1-22-10-7-17-15(21)12-4-9-23-14-3-8-20(11-13(12)14)16-18-5-2-6-19-16/h2,5-6,12-14H,3-4,7-11H2,1H3,(H,17,21)/t12-,13-,14-/m1/s1. The van der Waals surface area contributed by atoms with E-state index in [1.807, 2.05) is 6.07 Å². The molecule has 2 saturated heterocycles. The van der Waals surface area contributed by atoms with E-state index in [0.717, 1.165) is 31.9 Å². The molecule has 0 aromatic carbocycles. The molecule has 0 spiro atoms. The Balaban J connectivity index is 1.66. The molecule has 0 radical (unpaired) electrons. The van der Waals surface area contributed by atoms with Gasteiger partial charge in [0.15, 0.2) is 0 Å². The molecular formula is C16H24N4O3. The summed E-state index contributed by atoms with van der Waals surface area (Å²) in [7, 11) is 1.63. The van der Waals surface area contributed by atoms with Gasteiger partial charge in [0.2, 0.25) is 11.9 Å². The minimum Gasteiger partial charge on any atom is -0.383 e. The molecule has 7 heteroatoms. The van der Waals surface area contributed by atoms with E-state index in [2.05, 4.69) is 20.2 Å². The van der Waals surface area contributed by atoms with Crippen LogP contribution in [0.1, 0.15) is 12.8 Å². The zero-order valence-corrected chi connectivity index (χ0v) is 13.5. The lowest BCUT2D eigenvalue weighted by atomic mass is 9.79. The maximum absolute atomic E-state index is 12.5. The molecule has 3 heterocycles. The predicted molar refractivity (Wildman–Crippen MR) is 85.1 cm³/mol. The van der Waals surface area contributed by atoms with E-state index < -0.39 is 0 Å². The van der Waals surface area contributed by atoms with Gasteiger partial charge in [-0.1, -0.05) is 0 Å². The molecule has 23 heavy (non-hydrogen) atoms. The lowest BCUT2D eigenvalue weighted by molar-refractivity contribution is -0.137. The molecule has 0 bridgehead atoms. The Labute approximate surface area is 136 Å². The van der Waals surface area contributed by atoms with Crippen LogP contribution in [0.25, 0.3) is 0 Å². The summed E-state index contributed by atoms with van der Waals surface area (Å²) in [6, 6.07) is 1.81. The fourth-order valence-electron chi connectivity index (χ4n) is 3.48.